The number of nitrogens with one attached hydrogen (secondary N) is 3. The van der Waals surface area contributed by atoms with Gasteiger partial charge in [0.25, 0.3) is 17.5 Å². The number of nitrogens with zero attached hydrogens (tertiary/aromatic N) is 1. The first-order valence-corrected chi connectivity index (χ1v) is 7.46. The number of benzene rings is 2. The molecule has 0 aliphatic heterocycles. The van der Waals surface area contributed by atoms with Crippen LogP contribution in [0.2, 0.25) is 5.02 Å². The quantitative estimate of drug-likeness (QED) is 0.493. The third kappa shape index (κ3) is 3.29. The molecule has 3 rings (SSSR count). The van der Waals surface area contributed by atoms with E-state index in [1.54, 1.807) is 12.1 Å². The molecule has 0 bridgehead atoms. The Morgan fingerprint density at radius 1 is 1.04 bits per heavy atom. The van der Waals surface area contributed by atoms with Crippen LogP contribution in [0.5, 0.6) is 0 Å². The van der Waals surface area contributed by atoms with Crippen molar-refractivity contribution in [3.8, 4) is 0 Å². The lowest BCUT2D eigenvalue weighted by Gasteiger charge is -2.08. The summed E-state index contributed by atoms with van der Waals surface area (Å²) in [6, 6.07) is 10.7. The molecule has 0 spiro atoms. The zero-order valence-electron chi connectivity index (χ0n) is 12.6. The van der Waals surface area contributed by atoms with Crippen LogP contribution in [0.3, 0.4) is 0 Å². The fraction of sp³-hybridized carbons (Fsp3) is 0. The number of nitro benzene ring substituents is 1. The lowest BCUT2D eigenvalue weighted by atomic mass is 10.1. The number of hydrogen-bond acceptors (Lipinski definition) is 4. The molecule has 8 nitrogen and oxygen atoms in total. The maximum absolute atomic E-state index is 12.2. The van der Waals surface area contributed by atoms with Crippen molar-refractivity contribution in [3.63, 3.8) is 0 Å². The minimum Gasteiger partial charge on any atom is -0.360 e. The van der Waals surface area contributed by atoms with E-state index in [9.17, 15) is 19.7 Å². The summed E-state index contributed by atoms with van der Waals surface area (Å²) >= 11 is 5.88. The second-order valence-electron chi connectivity index (χ2n) is 5.08. The van der Waals surface area contributed by atoms with Gasteiger partial charge < -0.3 is 4.98 Å². The molecular formula is C16H11ClN4O4. The van der Waals surface area contributed by atoms with Gasteiger partial charge in [-0.05, 0) is 12.1 Å². The molecule has 3 N–H and O–H groups in total. The Balaban J connectivity index is 1.72. The lowest BCUT2D eigenvalue weighted by Crippen LogP contribution is -2.41. The maximum atomic E-state index is 12.2. The second-order valence-corrected chi connectivity index (χ2v) is 5.48. The Hall–Kier alpha value is -3.39. The van der Waals surface area contributed by atoms with Crippen molar-refractivity contribution < 1.29 is 14.5 Å². The van der Waals surface area contributed by atoms with Gasteiger partial charge in [0.2, 0.25) is 0 Å². The van der Waals surface area contributed by atoms with Crippen molar-refractivity contribution >= 4 is 40.0 Å². The van der Waals surface area contributed by atoms with Gasteiger partial charge in [-0.2, -0.15) is 0 Å². The van der Waals surface area contributed by atoms with E-state index in [1.807, 2.05) is 12.1 Å². The van der Waals surface area contributed by atoms with Gasteiger partial charge in [-0.3, -0.25) is 30.6 Å². The van der Waals surface area contributed by atoms with E-state index in [4.69, 9.17) is 11.6 Å². The fourth-order valence-electron chi connectivity index (χ4n) is 2.31. The minimum absolute atomic E-state index is 0.00601. The van der Waals surface area contributed by atoms with Crippen LogP contribution in [0, 0.1) is 10.1 Å². The van der Waals surface area contributed by atoms with Crippen molar-refractivity contribution in [1.29, 1.82) is 0 Å². The van der Waals surface area contributed by atoms with Gasteiger partial charge in [0.05, 0.1) is 21.1 Å². The van der Waals surface area contributed by atoms with E-state index in [1.165, 1.54) is 12.3 Å². The number of nitro groups is 1. The standard InChI is InChI=1S/C16H11ClN4O4/c17-13-7-9(21(24)25)5-6-11(13)15(22)19-20-16(23)12-8-18-14-4-2-1-3-10(12)14/h1-8,18H,(H,19,22)(H,20,23). The Kier molecular flexibility index (Phi) is 4.36. The predicted octanol–water partition coefficient (Wildman–Crippen LogP) is 2.80. The van der Waals surface area contributed by atoms with Crippen LogP contribution in [0.15, 0.2) is 48.7 Å². The van der Waals surface area contributed by atoms with Gasteiger partial charge in [0, 0.05) is 29.2 Å². The molecule has 2 amide bonds. The summed E-state index contributed by atoms with van der Waals surface area (Å²) < 4.78 is 0. The Morgan fingerprint density at radius 3 is 2.40 bits per heavy atom. The summed E-state index contributed by atoms with van der Waals surface area (Å²) in [5.41, 5.74) is 5.45. The lowest BCUT2D eigenvalue weighted by molar-refractivity contribution is -0.384. The molecule has 0 atom stereocenters. The first kappa shape index (κ1) is 16.5. The zero-order chi connectivity index (χ0) is 18.0. The topological polar surface area (TPSA) is 117 Å². The van der Waals surface area contributed by atoms with Crippen LogP contribution < -0.4 is 10.9 Å². The number of halogens is 1. The average Bonchev–Trinajstić information content (AvgIpc) is 3.03. The van der Waals surface area contributed by atoms with E-state index in [2.05, 4.69) is 15.8 Å². The highest BCUT2D eigenvalue weighted by Crippen LogP contribution is 2.22. The molecule has 1 aromatic heterocycles. The highest BCUT2D eigenvalue weighted by Gasteiger charge is 2.17. The molecule has 25 heavy (non-hydrogen) atoms. The Morgan fingerprint density at radius 2 is 1.72 bits per heavy atom. The third-order valence-corrected chi connectivity index (χ3v) is 3.84. The van der Waals surface area contributed by atoms with E-state index in [0.29, 0.717) is 10.9 Å². The molecular weight excluding hydrogens is 348 g/mol. The molecule has 0 unspecified atom stereocenters. The number of H-pyrrole nitrogens is 1. The second kappa shape index (κ2) is 6.62. The first-order valence-electron chi connectivity index (χ1n) is 7.08. The third-order valence-electron chi connectivity index (χ3n) is 3.53. The molecule has 1 heterocycles. The first-order chi connectivity index (χ1) is 12.0. The number of non-ortho nitro benzene ring substituents is 1. The zero-order valence-corrected chi connectivity index (χ0v) is 13.3. The molecule has 0 aliphatic rings. The van der Waals surface area contributed by atoms with Gasteiger partial charge in [0.15, 0.2) is 0 Å². The van der Waals surface area contributed by atoms with Gasteiger partial charge >= 0.3 is 0 Å². The summed E-state index contributed by atoms with van der Waals surface area (Å²) in [7, 11) is 0. The molecule has 3 aromatic rings. The molecule has 0 saturated carbocycles. The number of hydrazine groups is 1. The number of rotatable bonds is 3. The van der Waals surface area contributed by atoms with Crippen molar-refractivity contribution in [2.75, 3.05) is 0 Å². The molecule has 0 fully saturated rings. The average molecular weight is 359 g/mol. The van der Waals surface area contributed by atoms with Crippen LogP contribution in [-0.2, 0) is 0 Å². The van der Waals surface area contributed by atoms with Crippen molar-refractivity contribution in [1.82, 2.24) is 15.8 Å². The summed E-state index contributed by atoms with van der Waals surface area (Å²) in [5, 5.41) is 11.3. The number of fused-ring (bicyclic) bond motifs is 1. The summed E-state index contributed by atoms with van der Waals surface area (Å²) in [5.74, 6) is -1.20. The normalized spacial score (nSPS) is 10.4. The van der Waals surface area contributed by atoms with Crippen LogP contribution >= 0.6 is 11.6 Å². The largest absolute Gasteiger partial charge is 0.360 e. The molecule has 126 valence electrons. The van der Waals surface area contributed by atoms with Gasteiger partial charge in [-0.15, -0.1) is 0 Å². The molecule has 0 saturated heterocycles. The number of carbonyl (C=O) groups is 2. The maximum Gasteiger partial charge on any atom is 0.271 e. The van der Waals surface area contributed by atoms with Crippen LogP contribution in [0.1, 0.15) is 20.7 Å². The smallest absolute Gasteiger partial charge is 0.271 e. The van der Waals surface area contributed by atoms with E-state index in [-0.39, 0.29) is 16.3 Å². The van der Waals surface area contributed by atoms with Gasteiger partial charge in [-0.25, -0.2) is 0 Å². The molecule has 0 aliphatic carbocycles. The number of carbonyl (C=O) groups excluding carboxylic acids is 2. The molecule has 2 aromatic carbocycles. The van der Waals surface area contributed by atoms with Crippen LogP contribution in [0.25, 0.3) is 10.9 Å². The Bertz CT molecular complexity index is 999. The summed E-state index contributed by atoms with van der Waals surface area (Å²) in [4.78, 5) is 37.3. The number of para-hydroxylation sites is 1. The highest BCUT2D eigenvalue weighted by molar-refractivity contribution is 6.34. The van der Waals surface area contributed by atoms with Crippen molar-refractivity contribution in [2.45, 2.75) is 0 Å². The Labute approximate surface area is 145 Å². The van der Waals surface area contributed by atoms with Gasteiger partial charge in [0.1, 0.15) is 0 Å². The monoisotopic (exact) mass is 358 g/mol. The van der Waals surface area contributed by atoms with Crippen molar-refractivity contribution in [2.24, 2.45) is 0 Å². The number of hydrogen-bond donors (Lipinski definition) is 3. The van der Waals surface area contributed by atoms with E-state index >= 15 is 0 Å². The SMILES string of the molecule is O=C(NNC(=O)c1c[nH]c2ccccc12)c1ccc([N+](=O)[O-])cc1Cl. The minimum atomic E-state index is -0.687. The van der Waals surface area contributed by atoms with Crippen LogP contribution in [0.4, 0.5) is 5.69 Å². The van der Waals surface area contributed by atoms with Crippen molar-refractivity contribution in [3.05, 3.63) is 74.9 Å². The fourth-order valence-corrected chi connectivity index (χ4v) is 2.57. The van der Waals surface area contributed by atoms with E-state index in [0.717, 1.165) is 17.6 Å². The summed E-state index contributed by atoms with van der Waals surface area (Å²) in [6.07, 6.45) is 1.53. The molecule has 0 radical (unpaired) electrons. The number of aromatic amines is 1. The van der Waals surface area contributed by atoms with Crippen LogP contribution in [-0.4, -0.2) is 21.7 Å². The number of aromatic nitrogens is 1. The predicted molar refractivity (Wildman–Crippen MR) is 91.3 cm³/mol. The van der Waals surface area contributed by atoms with E-state index < -0.39 is 16.7 Å². The summed E-state index contributed by atoms with van der Waals surface area (Å²) in [6.45, 7) is 0. The molecule has 9 heteroatoms. The highest BCUT2D eigenvalue weighted by atomic mass is 35.5. The number of amides is 2. The van der Waals surface area contributed by atoms with Gasteiger partial charge in [-0.1, -0.05) is 29.8 Å².